The van der Waals surface area contributed by atoms with Gasteiger partial charge in [0.25, 0.3) is 5.69 Å². The van der Waals surface area contributed by atoms with E-state index in [-0.39, 0.29) is 28.6 Å². The lowest BCUT2D eigenvalue weighted by Crippen LogP contribution is -2.16. The molecule has 2 N–H and O–H groups in total. The maximum absolute atomic E-state index is 11.4. The summed E-state index contributed by atoms with van der Waals surface area (Å²) < 4.78 is 0. The van der Waals surface area contributed by atoms with Crippen molar-refractivity contribution in [1.82, 2.24) is 15.0 Å². The molecule has 2 heterocycles. The van der Waals surface area contributed by atoms with E-state index >= 15 is 0 Å². The Morgan fingerprint density at radius 3 is 2.40 bits per heavy atom. The fraction of sp³-hybridized carbons (Fsp3) is 0.111. The maximum Gasteiger partial charge on any atom is 0.313 e. The lowest BCUT2D eigenvalue weighted by atomic mass is 10.0. The Morgan fingerprint density at radius 2 is 1.73 bits per heavy atom. The Labute approximate surface area is 169 Å². The van der Waals surface area contributed by atoms with Gasteiger partial charge < -0.3 is 10.6 Å². The van der Waals surface area contributed by atoms with Crippen molar-refractivity contribution in [1.29, 1.82) is 5.26 Å². The Hall–Kier alpha value is -4.66. The summed E-state index contributed by atoms with van der Waals surface area (Å²) in [6.45, 7) is 0.727. The van der Waals surface area contributed by atoms with E-state index in [4.69, 9.17) is 0 Å². The molecule has 12 nitrogen and oxygen atoms in total. The first-order chi connectivity index (χ1) is 14.5. The van der Waals surface area contributed by atoms with E-state index in [0.29, 0.717) is 24.5 Å². The van der Waals surface area contributed by atoms with Crippen molar-refractivity contribution in [2.45, 2.75) is 0 Å². The van der Waals surface area contributed by atoms with Gasteiger partial charge in [0.15, 0.2) is 5.69 Å². The average molecular weight is 406 g/mol. The zero-order chi connectivity index (χ0) is 21.5. The number of benzene rings is 1. The molecule has 0 atom stereocenters. The van der Waals surface area contributed by atoms with E-state index < -0.39 is 9.85 Å². The minimum Gasteiger partial charge on any atom is -0.368 e. The number of rotatable bonds is 8. The quantitative estimate of drug-likeness (QED) is 0.321. The van der Waals surface area contributed by atoms with Gasteiger partial charge in [-0.2, -0.15) is 5.26 Å². The zero-order valence-corrected chi connectivity index (χ0v) is 15.3. The van der Waals surface area contributed by atoms with Crippen LogP contribution in [0.5, 0.6) is 0 Å². The molecule has 0 fully saturated rings. The van der Waals surface area contributed by atoms with Crippen LogP contribution >= 0.6 is 0 Å². The molecule has 0 aliphatic heterocycles. The molecule has 0 unspecified atom stereocenters. The summed E-state index contributed by atoms with van der Waals surface area (Å²) in [5.74, 6) is 0.609. The van der Waals surface area contributed by atoms with Crippen molar-refractivity contribution < 1.29 is 9.85 Å². The van der Waals surface area contributed by atoms with E-state index in [1.807, 2.05) is 6.07 Å². The number of nitriles is 1. The van der Waals surface area contributed by atoms with Crippen LogP contribution in [-0.2, 0) is 0 Å². The number of nitro groups is 2. The SMILES string of the molecule is N#Cc1ccccc1-c1nc(NCCNc2ccc([N+](=O)[O-])cn2)ncc1[N+](=O)[O-]. The van der Waals surface area contributed by atoms with E-state index in [2.05, 4.69) is 25.6 Å². The summed E-state index contributed by atoms with van der Waals surface area (Å²) in [4.78, 5) is 32.9. The lowest BCUT2D eigenvalue weighted by molar-refractivity contribution is -0.385. The molecule has 0 aliphatic carbocycles. The minimum absolute atomic E-state index is 0.0413. The van der Waals surface area contributed by atoms with Gasteiger partial charge in [-0.3, -0.25) is 20.2 Å². The number of hydrogen-bond donors (Lipinski definition) is 2. The van der Waals surface area contributed by atoms with Gasteiger partial charge in [-0.1, -0.05) is 18.2 Å². The number of hydrogen-bond acceptors (Lipinski definition) is 10. The van der Waals surface area contributed by atoms with Gasteiger partial charge in [0.2, 0.25) is 5.95 Å². The van der Waals surface area contributed by atoms with Crippen molar-refractivity contribution in [3.63, 3.8) is 0 Å². The Morgan fingerprint density at radius 1 is 0.967 bits per heavy atom. The third-order valence-corrected chi connectivity index (χ3v) is 3.94. The molecule has 0 aliphatic rings. The highest BCUT2D eigenvalue weighted by Gasteiger charge is 2.21. The predicted molar refractivity (Wildman–Crippen MR) is 107 cm³/mol. The maximum atomic E-state index is 11.4. The molecule has 12 heteroatoms. The van der Waals surface area contributed by atoms with Crippen molar-refractivity contribution in [2.24, 2.45) is 0 Å². The Bertz CT molecular complexity index is 1130. The summed E-state index contributed by atoms with van der Waals surface area (Å²) in [6.07, 6.45) is 2.23. The fourth-order valence-electron chi connectivity index (χ4n) is 2.54. The van der Waals surface area contributed by atoms with Gasteiger partial charge in [0, 0.05) is 24.7 Å². The van der Waals surface area contributed by atoms with E-state index in [9.17, 15) is 25.5 Å². The van der Waals surface area contributed by atoms with Crippen molar-refractivity contribution in [3.8, 4) is 17.3 Å². The van der Waals surface area contributed by atoms with E-state index in [1.165, 1.54) is 12.1 Å². The third-order valence-electron chi connectivity index (χ3n) is 3.94. The topological polar surface area (TPSA) is 173 Å². The molecule has 0 saturated carbocycles. The smallest absolute Gasteiger partial charge is 0.313 e. The molecule has 0 radical (unpaired) electrons. The second-order valence-corrected chi connectivity index (χ2v) is 5.85. The van der Waals surface area contributed by atoms with Gasteiger partial charge in [-0.25, -0.2) is 15.0 Å². The first-order valence-electron chi connectivity index (χ1n) is 8.58. The predicted octanol–water partition coefficient (Wildman–Crippen LogP) is 2.75. The molecule has 30 heavy (non-hydrogen) atoms. The highest BCUT2D eigenvalue weighted by molar-refractivity contribution is 5.75. The van der Waals surface area contributed by atoms with Crippen LogP contribution in [0, 0.1) is 31.6 Å². The molecule has 0 amide bonds. The number of pyridine rings is 1. The van der Waals surface area contributed by atoms with Crippen LogP contribution in [-0.4, -0.2) is 37.9 Å². The molecule has 3 rings (SSSR count). The van der Waals surface area contributed by atoms with Gasteiger partial charge in [-0.05, 0) is 12.1 Å². The molecule has 0 bridgehead atoms. The fourth-order valence-corrected chi connectivity index (χ4v) is 2.54. The Balaban J connectivity index is 1.70. The molecular formula is C18H14N8O4. The highest BCUT2D eigenvalue weighted by Crippen LogP contribution is 2.30. The van der Waals surface area contributed by atoms with Crippen LogP contribution in [0.15, 0.2) is 48.8 Å². The molecule has 0 saturated heterocycles. The van der Waals surface area contributed by atoms with Crippen LogP contribution < -0.4 is 10.6 Å². The second-order valence-electron chi connectivity index (χ2n) is 5.85. The van der Waals surface area contributed by atoms with E-state index in [0.717, 1.165) is 12.4 Å². The molecule has 1 aromatic carbocycles. The molecule has 3 aromatic rings. The monoisotopic (exact) mass is 406 g/mol. The standard InChI is InChI=1S/C18H14N8O4/c19-9-12-3-1-2-4-14(12)17-15(26(29)30)11-23-18(24-17)21-8-7-20-16-6-5-13(10-22-16)25(27)28/h1-6,10-11H,7-8H2,(H,20,22)(H,21,23,24). The molecule has 0 spiro atoms. The number of nitrogens with zero attached hydrogens (tertiary/aromatic N) is 6. The van der Waals surface area contributed by atoms with Gasteiger partial charge in [0.05, 0.1) is 21.5 Å². The lowest BCUT2D eigenvalue weighted by Gasteiger charge is -2.09. The van der Waals surface area contributed by atoms with Crippen LogP contribution in [0.4, 0.5) is 23.1 Å². The molecule has 2 aromatic heterocycles. The first kappa shape index (κ1) is 20.1. The van der Waals surface area contributed by atoms with Crippen LogP contribution in [0.3, 0.4) is 0 Å². The van der Waals surface area contributed by atoms with Gasteiger partial charge in [-0.15, -0.1) is 0 Å². The average Bonchev–Trinajstić information content (AvgIpc) is 2.76. The number of nitrogens with one attached hydrogen (secondary N) is 2. The zero-order valence-electron chi connectivity index (χ0n) is 15.3. The third kappa shape index (κ3) is 4.60. The van der Waals surface area contributed by atoms with Crippen molar-refractivity contribution in [2.75, 3.05) is 23.7 Å². The molecule has 150 valence electrons. The van der Waals surface area contributed by atoms with Crippen molar-refractivity contribution in [3.05, 3.63) is 74.6 Å². The Kier molecular flexibility index (Phi) is 6.04. The highest BCUT2D eigenvalue weighted by atomic mass is 16.6. The first-order valence-corrected chi connectivity index (χ1v) is 8.58. The number of aromatic nitrogens is 3. The van der Waals surface area contributed by atoms with Gasteiger partial charge >= 0.3 is 5.69 Å². The summed E-state index contributed by atoms with van der Waals surface area (Å²) in [6, 6.07) is 11.3. The molecular weight excluding hydrogens is 392 g/mol. The summed E-state index contributed by atoms with van der Waals surface area (Å²) in [5, 5.41) is 37.2. The van der Waals surface area contributed by atoms with Gasteiger partial charge in [0.1, 0.15) is 18.2 Å². The van der Waals surface area contributed by atoms with Crippen LogP contribution in [0.25, 0.3) is 11.3 Å². The van der Waals surface area contributed by atoms with E-state index in [1.54, 1.807) is 24.3 Å². The normalized spacial score (nSPS) is 10.1. The number of anilines is 2. The summed E-state index contributed by atoms with van der Waals surface area (Å²) in [7, 11) is 0. The van der Waals surface area contributed by atoms with Crippen LogP contribution in [0.2, 0.25) is 0 Å². The van der Waals surface area contributed by atoms with Crippen LogP contribution in [0.1, 0.15) is 5.56 Å². The summed E-state index contributed by atoms with van der Waals surface area (Å²) >= 11 is 0. The largest absolute Gasteiger partial charge is 0.368 e. The second kappa shape index (κ2) is 9.02. The summed E-state index contributed by atoms with van der Waals surface area (Å²) in [5.41, 5.74) is 0.223. The minimum atomic E-state index is -0.602. The van der Waals surface area contributed by atoms with Crippen molar-refractivity contribution >= 4 is 23.1 Å².